The molecular weight excluding hydrogens is 264 g/mol. The second kappa shape index (κ2) is 5.61. The largest absolute Gasteiger partial charge is 0.465 e. The first-order valence-electron chi connectivity index (χ1n) is 6.33. The summed E-state index contributed by atoms with van der Waals surface area (Å²) in [7, 11) is 1.36. The zero-order valence-corrected chi connectivity index (χ0v) is 12.1. The number of esters is 1. The van der Waals surface area contributed by atoms with Gasteiger partial charge in [-0.1, -0.05) is 0 Å². The summed E-state index contributed by atoms with van der Waals surface area (Å²) in [5.74, 6) is -0.376. The maximum Gasteiger partial charge on any atom is 0.341 e. The SMILES string of the molecule is COC(=O)c1c(NC(=O)NC(C)C)sc2c1CCC2. The van der Waals surface area contributed by atoms with Gasteiger partial charge in [0.1, 0.15) is 5.00 Å². The molecule has 1 aromatic heterocycles. The number of urea groups is 1. The van der Waals surface area contributed by atoms with Crippen molar-refractivity contribution in [2.75, 3.05) is 12.4 Å². The van der Waals surface area contributed by atoms with Crippen molar-refractivity contribution in [1.29, 1.82) is 0 Å². The Hall–Kier alpha value is -1.56. The van der Waals surface area contributed by atoms with Crippen LogP contribution in [0.25, 0.3) is 0 Å². The van der Waals surface area contributed by atoms with Crippen LogP contribution >= 0.6 is 11.3 Å². The molecule has 0 unspecified atom stereocenters. The maximum absolute atomic E-state index is 11.9. The van der Waals surface area contributed by atoms with E-state index in [1.54, 1.807) is 0 Å². The van der Waals surface area contributed by atoms with Crippen LogP contribution in [0.2, 0.25) is 0 Å². The number of hydrogen-bond donors (Lipinski definition) is 2. The first-order valence-corrected chi connectivity index (χ1v) is 7.15. The van der Waals surface area contributed by atoms with Gasteiger partial charge in [-0.15, -0.1) is 11.3 Å². The number of rotatable bonds is 3. The second-order valence-electron chi connectivity index (χ2n) is 4.81. The molecule has 0 bridgehead atoms. The summed E-state index contributed by atoms with van der Waals surface area (Å²) < 4.78 is 4.82. The predicted molar refractivity (Wildman–Crippen MR) is 75.0 cm³/mol. The fraction of sp³-hybridized carbons (Fsp3) is 0.538. The van der Waals surface area contributed by atoms with E-state index in [1.807, 2.05) is 13.8 Å². The average Bonchev–Trinajstić information content (AvgIpc) is 2.86. The standard InChI is InChI=1S/C13H18N2O3S/c1-7(2)14-13(17)15-11-10(12(16)18-3)8-5-4-6-9(8)19-11/h7H,4-6H2,1-3H3,(H2,14,15,17). The number of ether oxygens (including phenoxy) is 1. The lowest BCUT2D eigenvalue weighted by Gasteiger charge is -2.10. The Morgan fingerprint density at radius 3 is 2.68 bits per heavy atom. The van der Waals surface area contributed by atoms with Crippen molar-refractivity contribution in [3.63, 3.8) is 0 Å². The third-order valence-corrected chi connectivity index (χ3v) is 4.16. The molecule has 104 valence electrons. The second-order valence-corrected chi connectivity index (χ2v) is 5.91. The number of nitrogens with one attached hydrogen (secondary N) is 2. The molecule has 0 fully saturated rings. The van der Waals surface area contributed by atoms with E-state index in [2.05, 4.69) is 10.6 Å². The lowest BCUT2D eigenvalue weighted by Crippen LogP contribution is -2.34. The molecule has 2 rings (SSSR count). The minimum absolute atomic E-state index is 0.0494. The van der Waals surface area contributed by atoms with E-state index in [-0.39, 0.29) is 18.0 Å². The molecule has 1 heterocycles. The van der Waals surface area contributed by atoms with Gasteiger partial charge in [0.2, 0.25) is 0 Å². The van der Waals surface area contributed by atoms with Crippen molar-refractivity contribution in [1.82, 2.24) is 5.32 Å². The summed E-state index contributed by atoms with van der Waals surface area (Å²) in [5, 5.41) is 6.09. The van der Waals surface area contributed by atoms with Gasteiger partial charge < -0.3 is 10.1 Å². The minimum atomic E-state index is -0.376. The molecule has 5 nitrogen and oxygen atoms in total. The zero-order chi connectivity index (χ0) is 14.0. The topological polar surface area (TPSA) is 67.4 Å². The summed E-state index contributed by atoms with van der Waals surface area (Å²) in [6, 6.07) is -0.242. The monoisotopic (exact) mass is 282 g/mol. The van der Waals surface area contributed by atoms with E-state index < -0.39 is 0 Å². The Balaban J connectivity index is 2.25. The van der Waals surface area contributed by atoms with Gasteiger partial charge in [-0.2, -0.15) is 0 Å². The minimum Gasteiger partial charge on any atom is -0.465 e. The van der Waals surface area contributed by atoms with Crippen LogP contribution in [0.5, 0.6) is 0 Å². The van der Waals surface area contributed by atoms with Crippen molar-refractivity contribution in [3.8, 4) is 0 Å². The molecule has 0 aliphatic heterocycles. The van der Waals surface area contributed by atoms with Gasteiger partial charge >= 0.3 is 12.0 Å². The first-order chi connectivity index (χ1) is 9.02. The smallest absolute Gasteiger partial charge is 0.341 e. The lowest BCUT2D eigenvalue weighted by atomic mass is 10.1. The predicted octanol–water partition coefficient (Wildman–Crippen LogP) is 2.55. The molecular formula is C13H18N2O3S. The van der Waals surface area contributed by atoms with Crippen molar-refractivity contribution < 1.29 is 14.3 Å². The number of amides is 2. The molecule has 0 spiro atoms. The molecule has 0 atom stereocenters. The van der Waals surface area contributed by atoms with E-state index in [0.717, 1.165) is 24.8 Å². The molecule has 1 aliphatic carbocycles. The normalized spacial score (nSPS) is 13.3. The van der Waals surface area contributed by atoms with Crippen LogP contribution in [-0.2, 0) is 17.6 Å². The van der Waals surface area contributed by atoms with Gasteiger partial charge in [0.05, 0.1) is 12.7 Å². The van der Waals surface area contributed by atoms with Crippen LogP contribution in [0.3, 0.4) is 0 Å². The number of carbonyl (C=O) groups is 2. The van der Waals surface area contributed by atoms with Gasteiger partial charge in [0.15, 0.2) is 0 Å². The number of fused-ring (bicyclic) bond motifs is 1. The van der Waals surface area contributed by atoms with Gasteiger partial charge in [-0.05, 0) is 38.7 Å². The number of hydrogen-bond acceptors (Lipinski definition) is 4. The molecule has 1 aliphatic rings. The summed E-state index contributed by atoms with van der Waals surface area (Å²) >= 11 is 1.47. The van der Waals surface area contributed by atoms with Crippen LogP contribution < -0.4 is 10.6 Å². The van der Waals surface area contributed by atoms with Crippen LogP contribution in [0.1, 0.15) is 41.1 Å². The zero-order valence-electron chi connectivity index (χ0n) is 11.3. The van der Waals surface area contributed by atoms with E-state index in [1.165, 1.54) is 23.3 Å². The van der Waals surface area contributed by atoms with Crippen molar-refractivity contribution in [3.05, 3.63) is 16.0 Å². The molecule has 19 heavy (non-hydrogen) atoms. The fourth-order valence-electron chi connectivity index (χ4n) is 2.21. The highest BCUT2D eigenvalue weighted by molar-refractivity contribution is 7.17. The third-order valence-electron chi connectivity index (χ3n) is 2.96. The van der Waals surface area contributed by atoms with E-state index in [0.29, 0.717) is 10.6 Å². The highest BCUT2D eigenvalue weighted by atomic mass is 32.1. The quantitative estimate of drug-likeness (QED) is 0.837. The number of carbonyl (C=O) groups excluding carboxylic acids is 2. The first kappa shape index (κ1) is 13.9. The van der Waals surface area contributed by atoms with Crippen LogP contribution in [0.4, 0.5) is 9.80 Å². The lowest BCUT2D eigenvalue weighted by molar-refractivity contribution is 0.0601. The highest BCUT2D eigenvalue weighted by Crippen LogP contribution is 2.39. The summed E-state index contributed by atoms with van der Waals surface area (Å²) in [6.07, 6.45) is 2.91. The molecule has 2 amide bonds. The van der Waals surface area contributed by atoms with Crippen LogP contribution in [0, 0.1) is 0 Å². The molecule has 2 N–H and O–H groups in total. The number of anilines is 1. The summed E-state index contributed by atoms with van der Waals surface area (Å²) in [4.78, 5) is 24.8. The molecule has 0 radical (unpaired) electrons. The highest BCUT2D eigenvalue weighted by Gasteiger charge is 2.27. The number of aryl methyl sites for hydroxylation is 1. The average molecular weight is 282 g/mol. The van der Waals surface area contributed by atoms with E-state index >= 15 is 0 Å². The van der Waals surface area contributed by atoms with Gasteiger partial charge in [0, 0.05) is 10.9 Å². The summed E-state index contributed by atoms with van der Waals surface area (Å²) in [5.41, 5.74) is 1.57. The van der Waals surface area contributed by atoms with Crippen LogP contribution in [0.15, 0.2) is 0 Å². The van der Waals surface area contributed by atoms with Gasteiger partial charge in [0.25, 0.3) is 0 Å². The Labute approximate surface area is 116 Å². The molecule has 0 saturated carbocycles. The Morgan fingerprint density at radius 2 is 2.05 bits per heavy atom. The Bertz CT molecular complexity index is 508. The maximum atomic E-state index is 11.9. The molecule has 0 saturated heterocycles. The molecule has 6 heteroatoms. The van der Waals surface area contributed by atoms with Gasteiger partial charge in [-0.3, -0.25) is 5.32 Å². The van der Waals surface area contributed by atoms with Crippen LogP contribution in [-0.4, -0.2) is 25.2 Å². The van der Waals surface area contributed by atoms with E-state index in [9.17, 15) is 9.59 Å². The fourth-order valence-corrected chi connectivity index (χ4v) is 3.48. The summed E-state index contributed by atoms with van der Waals surface area (Å²) in [6.45, 7) is 3.77. The Morgan fingerprint density at radius 1 is 1.32 bits per heavy atom. The van der Waals surface area contributed by atoms with Crippen molar-refractivity contribution in [2.45, 2.75) is 39.2 Å². The number of thiophene rings is 1. The Kier molecular flexibility index (Phi) is 4.09. The molecule has 1 aromatic rings. The van der Waals surface area contributed by atoms with Crippen molar-refractivity contribution in [2.24, 2.45) is 0 Å². The third kappa shape index (κ3) is 2.89. The van der Waals surface area contributed by atoms with Gasteiger partial charge in [-0.25, -0.2) is 9.59 Å². The van der Waals surface area contributed by atoms with Crippen molar-refractivity contribution >= 4 is 28.3 Å². The number of methoxy groups -OCH3 is 1. The van der Waals surface area contributed by atoms with E-state index in [4.69, 9.17) is 4.74 Å². The molecule has 0 aromatic carbocycles.